The largest absolute Gasteiger partial charge is 0.475 e. The molecule has 0 radical (unpaired) electrons. The van der Waals surface area contributed by atoms with Gasteiger partial charge in [0.25, 0.3) is 5.69 Å². The minimum atomic E-state index is -0.457. The maximum absolute atomic E-state index is 10.5. The topological polar surface area (TPSA) is 65.3 Å². The fourth-order valence-corrected chi connectivity index (χ4v) is 1.03. The molecule has 5 heteroatoms. The Morgan fingerprint density at radius 1 is 1.50 bits per heavy atom. The van der Waals surface area contributed by atoms with Gasteiger partial charge in [-0.25, -0.2) is 4.98 Å². The predicted molar refractivity (Wildman–Crippen MR) is 51.4 cm³/mol. The van der Waals surface area contributed by atoms with Gasteiger partial charge in [0.1, 0.15) is 5.69 Å². The molecule has 0 bridgehead atoms. The fourth-order valence-electron chi connectivity index (χ4n) is 1.03. The minimum absolute atomic E-state index is 0.0149. The molecule has 0 aliphatic heterocycles. The van der Waals surface area contributed by atoms with Crippen LogP contribution in [-0.2, 0) is 0 Å². The van der Waals surface area contributed by atoms with Crippen molar-refractivity contribution >= 4 is 5.69 Å². The highest BCUT2D eigenvalue weighted by atomic mass is 16.6. The summed E-state index contributed by atoms with van der Waals surface area (Å²) in [5.41, 5.74) is 0.384. The summed E-state index contributed by atoms with van der Waals surface area (Å²) >= 11 is 0. The van der Waals surface area contributed by atoms with Crippen LogP contribution >= 0.6 is 0 Å². The highest BCUT2D eigenvalue weighted by molar-refractivity contribution is 5.36. The van der Waals surface area contributed by atoms with E-state index in [4.69, 9.17) is 4.74 Å². The van der Waals surface area contributed by atoms with Gasteiger partial charge in [0.2, 0.25) is 5.88 Å². The number of hydrogen-bond acceptors (Lipinski definition) is 4. The molecule has 0 aliphatic rings. The molecule has 76 valence electrons. The molecule has 0 amide bonds. The Kier molecular flexibility index (Phi) is 3.01. The average molecular weight is 196 g/mol. The second kappa shape index (κ2) is 4.04. The molecule has 5 nitrogen and oxygen atoms in total. The average Bonchev–Trinajstić information content (AvgIpc) is 2.01. The molecule has 0 unspecified atom stereocenters. The van der Waals surface area contributed by atoms with Crippen LogP contribution in [0.1, 0.15) is 19.5 Å². The van der Waals surface area contributed by atoms with E-state index in [1.807, 2.05) is 13.8 Å². The van der Waals surface area contributed by atoms with E-state index >= 15 is 0 Å². The zero-order valence-corrected chi connectivity index (χ0v) is 8.35. The Labute approximate surface area is 81.9 Å². The van der Waals surface area contributed by atoms with Crippen molar-refractivity contribution in [3.8, 4) is 5.88 Å². The monoisotopic (exact) mass is 196 g/mol. The second-order valence-corrected chi connectivity index (χ2v) is 3.18. The lowest BCUT2D eigenvalue weighted by molar-refractivity contribution is -0.385. The van der Waals surface area contributed by atoms with E-state index in [2.05, 4.69) is 4.98 Å². The molecular formula is C9H12N2O3. The molecule has 0 aliphatic carbocycles. The first-order valence-electron chi connectivity index (χ1n) is 4.29. The zero-order chi connectivity index (χ0) is 10.7. The molecule has 0 N–H and O–H groups in total. The summed E-state index contributed by atoms with van der Waals surface area (Å²) in [5.74, 6) is 0.420. The van der Waals surface area contributed by atoms with Crippen LogP contribution in [0.15, 0.2) is 12.1 Å². The van der Waals surface area contributed by atoms with Crippen LogP contribution in [0.3, 0.4) is 0 Å². The van der Waals surface area contributed by atoms with Gasteiger partial charge in [-0.05, 0) is 20.8 Å². The number of pyridine rings is 1. The van der Waals surface area contributed by atoms with Gasteiger partial charge in [-0.15, -0.1) is 0 Å². The number of nitrogens with zero attached hydrogens (tertiary/aromatic N) is 2. The summed E-state index contributed by atoms with van der Waals surface area (Å²) in [7, 11) is 0. The van der Waals surface area contributed by atoms with Crippen molar-refractivity contribution in [3.05, 3.63) is 27.9 Å². The molecule has 0 spiro atoms. The molecule has 1 aromatic heterocycles. The summed E-state index contributed by atoms with van der Waals surface area (Å²) in [6, 6.07) is 2.91. The molecule has 14 heavy (non-hydrogen) atoms. The van der Waals surface area contributed by atoms with Crippen molar-refractivity contribution in [2.24, 2.45) is 0 Å². The molecule has 0 atom stereocenters. The summed E-state index contributed by atoms with van der Waals surface area (Å²) < 4.78 is 5.30. The van der Waals surface area contributed by atoms with Gasteiger partial charge < -0.3 is 4.74 Å². The Bertz CT molecular complexity index is 350. The number of nitro groups is 1. The van der Waals surface area contributed by atoms with Crippen LogP contribution in [-0.4, -0.2) is 16.0 Å². The van der Waals surface area contributed by atoms with Crippen LogP contribution in [0.2, 0.25) is 0 Å². The number of hydrogen-bond donors (Lipinski definition) is 0. The summed E-state index contributed by atoms with van der Waals surface area (Å²) in [6.07, 6.45) is 0.0170. The summed E-state index contributed by atoms with van der Waals surface area (Å²) in [5, 5.41) is 10.5. The highest BCUT2D eigenvalue weighted by Crippen LogP contribution is 2.19. The van der Waals surface area contributed by atoms with Crippen LogP contribution in [0.25, 0.3) is 0 Å². The van der Waals surface area contributed by atoms with Crippen LogP contribution in [0.5, 0.6) is 5.88 Å². The van der Waals surface area contributed by atoms with Crippen LogP contribution in [0.4, 0.5) is 5.69 Å². The molecule has 1 rings (SSSR count). The van der Waals surface area contributed by atoms with Gasteiger partial charge in [0.05, 0.1) is 11.0 Å². The fraction of sp³-hybridized carbons (Fsp3) is 0.444. The maximum atomic E-state index is 10.5. The van der Waals surface area contributed by atoms with Crippen molar-refractivity contribution < 1.29 is 9.66 Å². The number of aromatic nitrogens is 1. The molecule has 1 heterocycles. The zero-order valence-electron chi connectivity index (χ0n) is 8.35. The maximum Gasteiger partial charge on any atom is 0.290 e. The van der Waals surface area contributed by atoms with Gasteiger partial charge in [0.15, 0.2) is 0 Å². The van der Waals surface area contributed by atoms with Crippen LogP contribution in [0, 0.1) is 17.0 Å². The van der Waals surface area contributed by atoms with E-state index < -0.39 is 4.92 Å². The molecule has 0 aromatic carbocycles. The minimum Gasteiger partial charge on any atom is -0.475 e. The first-order chi connectivity index (χ1) is 6.50. The lowest BCUT2D eigenvalue weighted by atomic mass is 10.3. The Hall–Kier alpha value is -1.65. The molecule has 1 aromatic rings. The quantitative estimate of drug-likeness (QED) is 0.548. The van der Waals surface area contributed by atoms with Crippen molar-refractivity contribution in [1.29, 1.82) is 0 Å². The second-order valence-electron chi connectivity index (χ2n) is 3.18. The summed E-state index contributed by atoms with van der Waals surface area (Å²) in [6.45, 7) is 5.34. The normalized spacial score (nSPS) is 10.3. The Balaban J connectivity index is 2.94. The highest BCUT2D eigenvalue weighted by Gasteiger charge is 2.12. The van der Waals surface area contributed by atoms with Crippen molar-refractivity contribution in [2.45, 2.75) is 26.9 Å². The predicted octanol–water partition coefficient (Wildman–Crippen LogP) is 2.09. The molecule has 0 saturated carbocycles. The number of ether oxygens (including phenoxy) is 1. The van der Waals surface area contributed by atoms with Gasteiger partial charge >= 0.3 is 0 Å². The third kappa shape index (κ3) is 2.42. The van der Waals surface area contributed by atoms with E-state index in [-0.39, 0.29) is 11.8 Å². The van der Waals surface area contributed by atoms with Gasteiger partial charge in [-0.1, -0.05) is 0 Å². The van der Waals surface area contributed by atoms with Crippen molar-refractivity contribution in [3.63, 3.8) is 0 Å². The lowest BCUT2D eigenvalue weighted by Gasteiger charge is -2.08. The van der Waals surface area contributed by atoms with E-state index in [0.717, 1.165) is 0 Å². The molecule has 0 fully saturated rings. The third-order valence-corrected chi connectivity index (χ3v) is 1.59. The van der Waals surface area contributed by atoms with Crippen molar-refractivity contribution in [1.82, 2.24) is 4.98 Å². The Morgan fingerprint density at radius 3 is 2.57 bits per heavy atom. The van der Waals surface area contributed by atoms with Gasteiger partial charge in [-0.3, -0.25) is 10.1 Å². The summed E-state index contributed by atoms with van der Waals surface area (Å²) in [4.78, 5) is 14.0. The van der Waals surface area contributed by atoms with E-state index in [0.29, 0.717) is 11.6 Å². The van der Waals surface area contributed by atoms with E-state index in [1.54, 1.807) is 6.92 Å². The third-order valence-electron chi connectivity index (χ3n) is 1.59. The van der Waals surface area contributed by atoms with Crippen molar-refractivity contribution in [2.75, 3.05) is 0 Å². The smallest absolute Gasteiger partial charge is 0.290 e. The van der Waals surface area contributed by atoms with E-state index in [1.165, 1.54) is 12.1 Å². The standard InChI is InChI=1S/C9H12N2O3/c1-6(2)14-9-5-4-8(11(12)13)7(3)10-9/h4-6H,1-3H3. The Morgan fingerprint density at radius 2 is 2.14 bits per heavy atom. The number of aryl methyl sites for hydroxylation is 1. The van der Waals surface area contributed by atoms with Gasteiger partial charge in [0, 0.05) is 12.1 Å². The number of rotatable bonds is 3. The first kappa shape index (κ1) is 10.4. The SMILES string of the molecule is Cc1nc(OC(C)C)ccc1[N+](=O)[O-]. The molecular weight excluding hydrogens is 184 g/mol. The van der Waals surface area contributed by atoms with E-state index in [9.17, 15) is 10.1 Å². The molecule has 0 saturated heterocycles. The van der Waals surface area contributed by atoms with Crippen LogP contribution < -0.4 is 4.74 Å². The van der Waals surface area contributed by atoms with Gasteiger partial charge in [-0.2, -0.15) is 0 Å². The first-order valence-corrected chi connectivity index (χ1v) is 4.29. The lowest BCUT2D eigenvalue weighted by Crippen LogP contribution is -2.07.